The summed E-state index contributed by atoms with van der Waals surface area (Å²) in [5, 5.41) is 5.81. The average molecular weight is 253 g/mol. The molecule has 0 aliphatic heterocycles. The molecule has 1 unspecified atom stereocenters. The van der Waals surface area contributed by atoms with Gasteiger partial charge in [-0.15, -0.1) is 11.3 Å². The van der Waals surface area contributed by atoms with Crippen LogP contribution in [0.2, 0.25) is 0 Å². The Hall–Kier alpha value is -0.940. The molecule has 1 atom stereocenters. The van der Waals surface area contributed by atoms with Crippen LogP contribution < -0.4 is 11.1 Å². The Labute approximate surface area is 106 Å². The number of nitrogens with two attached hydrogens (primary N) is 1. The van der Waals surface area contributed by atoms with Crippen molar-refractivity contribution in [3.63, 3.8) is 0 Å². The molecule has 0 spiro atoms. The number of thiazole rings is 1. The molecule has 0 bridgehead atoms. The van der Waals surface area contributed by atoms with Gasteiger partial charge in [0.2, 0.25) is 0 Å². The highest BCUT2D eigenvalue weighted by Crippen LogP contribution is 2.32. The molecule has 17 heavy (non-hydrogen) atoms. The van der Waals surface area contributed by atoms with Crippen LogP contribution in [-0.4, -0.2) is 23.5 Å². The molecule has 0 saturated heterocycles. The van der Waals surface area contributed by atoms with Crippen molar-refractivity contribution in [2.75, 3.05) is 6.54 Å². The third kappa shape index (κ3) is 3.04. The SMILES string of the molecule is CC(C)c1nc(C(=O)NC(CN)C2CC2)cs1. The fourth-order valence-electron chi connectivity index (χ4n) is 1.77. The number of nitrogens with one attached hydrogen (secondary N) is 1. The molecule has 3 N–H and O–H groups in total. The van der Waals surface area contributed by atoms with Gasteiger partial charge in [0.05, 0.1) is 5.01 Å². The zero-order chi connectivity index (χ0) is 12.4. The van der Waals surface area contributed by atoms with E-state index in [0.717, 1.165) is 5.01 Å². The van der Waals surface area contributed by atoms with Crippen LogP contribution in [0.25, 0.3) is 0 Å². The highest BCUT2D eigenvalue weighted by molar-refractivity contribution is 7.09. The summed E-state index contributed by atoms with van der Waals surface area (Å²) >= 11 is 1.54. The van der Waals surface area contributed by atoms with E-state index in [0.29, 0.717) is 24.1 Å². The summed E-state index contributed by atoms with van der Waals surface area (Å²) in [6.45, 7) is 4.67. The van der Waals surface area contributed by atoms with E-state index in [1.165, 1.54) is 12.8 Å². The van der Waals surface area contributed by atoms with Crippen molar-refractivity contribution in [1.82, 2.24) is 10.3 Å². The van der Waals surface area contributed by atoms with Gasteiger partial charge < -0.3 is 11.1 Å². The highest BCUT2D eigenvalue weighted by atomic mass is 32.1. The second-order valence-electron chi connectivity index (χ2n) is 4.88. The standard InChI is InChI=1S/C12H19N3OS/c1-7(2)12-15-10(6-17-12)11(16)14-9(5-13)8-3-4-8/h6-9H,3-5,13H2,1-2H3,(H,14,16). The molecule has 1 saturated carbocycles. The Morgan fingerprint density at radius 2 is 2.35 bits per heavy atom. The molecular formula is C12H19N3OS. The van der Waals surface area contributed by atoms with Crippen LogP contribution in [0.15, 0.2) is 5.38 Å². The van der Waals surface area contributed by atoms with Gasteiger partial charge in [-0.1, -0.05) is 13.8 Å². The molecule has 1 aromatic rings. The van der Waals surface area contributed by atoms with Crippen molar-refractivity contribution in [3.05, 3.63) is 16.1 Å². The first kappa shape index (κ1) is 12.5. The van der Waals surface area contributed by atoms with Crippen molar-refractivity contribution in [3.8, 4) is 0 Å². The summed E-state index contributed by atoms with van der Waals surface area (Å²) in [5.41, 5.74) is 6.19. The minimum absolute atomic E-state index is 0.0875. The summed E-state index contributed by atoms with van der Waals surface area (Å²) < 4.78 is 0. The number of nitrogens with zero attached hydrogens (tertiary/aromatic N) is 1. The molecule has 1 aromatic heterocycles. The molecule has 4 nitrogen and oxygen atoms in total. The average Bonchev–Trinajstić information content (AvgIpc) is 3.01. The smallest absolute Gasteiger partial charge is 0.271 e. The van der Waals surface area contributed by atoms with Crippen LogP contribution in [0.3, 0.4) is 0 Å². The molecule has 94 valence electrons. The van der Waals surface area contributed by atoms with E-state index in [1.807, 2.05) is 5.38 Å². The van der Waals surface area contributed by atoms with Gasteiger partial charge in [-0.05, 0) is 18.8 Å². The largest absolute Gasteiger partial charge is 0.346 e. The molecule has 1 fully saturated rings. The number of carbonyl (C=O) groups excluding carboxylic acids is 1. The number of hydrogen-bond donors (Lipinski definition) is 2. The van der Waals surface area contributed by atoms with Crippen LogP contribution in [-0.2, 0) is 0 Å². The first-order chi connectivity index (χ1) is 8.11. The highest BCUT2D eigenvalue weighted by Gasteiger charge is 2.31. The van der Waals surface area contributed by atoms with Gasteiger partial charge >= 0.3 is 0 Å². The third-order valence-electron chi connectivity index (χ3n) is 3.01. The lowest BCUT2D eigenvalue weighted by Gasteiger charge is -2.14. The second kappa shape index (κ2) is 5.14. The molecule has 0 radical (unpaired) electrons. The molecule has 1 aliphatic carbocycles. The van der Waals surface area contributed by atoms with E-state index in [9.17, 15) is 4.79 Å². The van der Waals surface area contributed by atoms with Gasteiger partial charge in [0, 0.05) is 23.9 Å². The maximum Gasteiger partial charge on any atom is 0.271 e. The summed E-state index contributed by atoms with van der Waals surface area (Å²) in [5.74, 6) is 0.859. The monoisotopic (exact) mass is 253 g/mol. The summed E-state index contributed by atoms with van der Waals surface area (Å²) in [6, 6.07) is 0.117. The lowest BCUT2D eigenvalue weighted by atomic mass is 10.2. The number of carbonyl (C=O) groups is 1. The Balaban J connectivity index is 1.98. The molecule has 1 aliphatic rings. The molecular weight excluding hydrogens is 234 g/mol. The Morgan fingerprint density at radius 3 is 2.82 bits per heavy atom. The lowest BCUT2D eigenvalue weighted by Crippen LogP contribution is -2.41. The molecule has 1 amide bonds. The van der Waals surface area contributed by atoms with Crippen molar-refractivity contribution in [1.29, 1.82) is 0 Å². The van der Waals surface area contributed by atoms with E-state index in [2.05, 4.69) is 24.1 Å². The second-order valence-corrected chi connectivity index (χ2v) is 5.77. The van der Waals surface area contributed by atoms with Gasteiger partial charge in [-0.2, -0.15) is 0 Å². The maximum absolute atomic E-state index is 12.0. The fourth-order valence-corrected chi connectivity index (χ4v) is 2.58. The number of amides is 1. The van der Waals surface area contributed by atoms with E-state index in [1.54, 1.807) is 11.3 Å². The number of rotatable bonds is 5. The topological polar surface area (TPSA) is 68.0 Å². The summed E-state index contributed by atoms with van der Waals surface area (Å²) in [7, 11) is 0. The van der Waals surface area contributed by atoms with Crippen LogP contribution in [0.1, 0.15) is 48.1 Å². The van der Waals surface area contributed by atoms with Gasteiger partial charge in [0.25, 0.3) is 5.91 Å². The minimum atomic E-state index is -0.0875. The number of aromatic nitrogens is 1. The summed E-state index contributed by atoms with van der Waals surface area (Å²) in [6.07, 6.45) is 2.35. The third-order valence-corrected chi connectivity index (χ3v) is 4.16. The zero-order valence-corrected chi connectivity index (χ0v) is 11.1. The van der Waals surface area contributed by atoms with Crippen LogP contribution in [0.5, 0.6) is 0 Å². The van der Waals surface area contributed by atoms with Crippen LogP contribution >= 0.6 is 11.3 Å². The Morgan fingerprint density at radius 1 is 1.65 bits per heavy atom. The predicted molar refractivity (Wildman–Crippen MR) is 69.2 cm³/mol. The maximum atomic E-state index is 12.0. The van der Waals surface area contributed by atoms with Gasteiger partial charge in [-0.3, -0.25) is 4.79 Å². The van der Waals surface area contributed by atoms with Crippen LogP contribution in [0, 0.1) is 5.92 Å². The fraction of sp³-hybridized carbons (Fsp3) is 0.667. The molecule has 5 heteroatoms. The van der Waals surface area contributed by atoms with Crippen molar-refractivity contribution in [2.24, 2.45) is 11.7 Å². The van der Waals surface area contributed by atoms with E-state index in [-0.39, 0.29) is 11.9 Å². The molecule has 1 heterocycles. The van der Waals surface area contributed by atoms with Gasteiger partial charge in [-0.25, -0.2) is 4.98 Å². The molecule has 2 rings (SSSR count). The minimum Gasteiger partial charge on any atom is -0.346 e. The van der Waals surface area contributed by atoms with Crippen LogP contribution in [0.4, 0.5) is 0 Å². The van der Waals surface area contributed by atoms with Gasteiger partial charge in [0.1, 0.15) is 5.69 Å². The number of hydrogen-bond acceptors (Lipinski definition) is 4. The first-order valence-electron chi connectivity index (χ1n) is 6.08. The lowest BCUT2D eigenvalue weighted by molar-refractivity contribution is 0.0929. The van der Waals surface area contributed by atoms with Crippen molar-refractivity contribution < 1.29 is 4.79 Å². The summed E-state index contributed by atoms with van der Waals surface area (Å²) in [4.78, 5) is 16.3. The van der Waals surface area contributed by atoms with Crippen molar-refractivity contribution in [2.45, 2.75) is 38.6 Å². The predicted octanol–water partition coefficient (Wildman–Crippen LogP) is 1.73. The van der Waals surface area contributed by atoms with Crippen molar-refractivity contribution >= 4 is 17.2 Å². The van der Waals surface area contributed by atoms with E-state index in [4.69, 9.17) is 5.73 Å². The molecule has 0 aromatic carbocycles. The normalized spacial score (nSPS) is 17.2. The van der Waals surface area contributed by atoms with E-state index < -0.39 is 0 Å². The van der Waals surface area contributed by atoms with Gasteiger partial charge in [0.15, 0.2) is 0 Å². The Bertz CT molecular complexity index is 398. The zero-order valence-electron chi connectivity index (χ0n) is 10.3. The first-order valence-corrected chi connectivity index (χ1v) is 6.96. The Kier molecular flexibility index (Phi) is 3.79. The quantitative estimate of drug-likeness (QED) is 0.839. The van der Waals surface area contributed by atoms with E-state index >= 15 is 0 Å².